The zero-order valence-corrected chi connectivity index (χ0v) is 23.5. The second kappa shape index (κ2) is 10.3. The normalized spacial score (nSPS) is 11.2. The minimum Gasteiger partial charge on any atom is -0.294 e. The van der Waals surface area contributed by atoms with Gasteiger partial charge in [-0.3, -0.25) is 4.57 Å². The lowest BCUT2D eigenvalue weighted by Gasteiger charge is -2.13. The molecule has 4 aromatic heterocycles. The van der Waals surface area contributed by atoms with Crippen LogP contribution >= 0.6 is 24.0 Å². The van der Waals surface area contributed by atoms with Crippen molar-refractivity contribution in [2.24, 2.45) is 0 Å². The molecule has 40 heavy (non-hydrogen) atoms. The van der Waals surface area contributed by atoms with Crippen molar-refractivity contribution >= 4 is 66.2 Å². The van der Waals surface area contributed by atoms with Crippen LogP contribution in [0.1, 0.15) is 0 Å². The van der Waals surface area contributed by atoms with Crippen LogP contribution in [0.25, 0.3) is 70.4 Å². The van der Waals surface area contributed by atoms with E-state index in [4.69, 9.17) is 9.97 Å². The van der Waals surface area contributed by atoms with Gasteiger partial charge in [0, 0.05) is 32.0 Å². The van der Waals surface area contributed by atoms with Crippen LogP contribution in [0.3, 0.4) is 0 Å². The van der Waals surface area contributed by atoms with Crippen LogP contribution < -0.4 is 0 Å². The lowest BCUT2D eigenvalue weighted by atomic mass is 10.1. The van der Waals surface area contributed by atoms with E-state index in [1.54, 1.807) is 6.26 Å². The van der Waals surface area contributed by atoms with Crippen LogP contribution in [0.4, 0.5) is 0 Å². The summed E-state index contributed by atoms with van der Waals surface area (Å²) >= 11 is 5.34. The summed E-state index contributed by atoms with van der Waals surface area (Å²) in [5.74, 6) is 0. The highest BCUT2D eigenvalue weighted by atomic mass is 32.1. The van der Waals surface area contributed by atoms with Crippen molar-refractivity contribution in [3.8, 4) is 28.2 Å². The summed E-state index contributed by atoms with van der Waals surface area (Å²) in [6.07, 6.45) is 1.69. The Morgan fingerprint density at radius 2 is 1.12 bits per heavy atom. The van der Waals surface area contributed by atoms with E-state index in [9.17, 15) is 0 Å². The average Bonchev–Trinajstić information content (AvgIpc) is 3.56. The molecule has 0 radical (unpaired) electrons. The van der Waals surface area contributed by atoms with E-state index in [1.807, 2.05) is 23.5 Å². The number of benzene rings is 4. The number of nitrogens with zero attached hydrogens (tertiary/aromatic N) is 3. The maximum Gasteiger partial charge on any atom is 0.146 e. The molecule has 0 aliphatic rings. The molecule has 0 aliphatic carbocycles. The molecule has 4 aromatic carbocycles. The van der Waals surface area contributed by atoms with Gasteiger partial charge in [0.15, 0.2) is 0 Å². The van der Waals surface area contributed by atoms with E-state index in [0.29, 0.717) is 0 Å². The van der Waals surface area contributed by atoms with Crippen molar-refractivity contribution in [2.45, 2.75) is 0 Å². The van der Waals surface area contributed by atoms with E-state index in [-0.39, 0.29) is 0 Å². The van der Waals surface area contributed by atoms with Gasteiger partial charge in [0.2, 0.25) is 0 Å². The number of para-hydroxylation sites is 1. The molecular weight excluding hydrogens is 527 g/mol. The summed E-state index contributed by atoms with van der Waals surface area (Å²) in [5, 5.41) is 3.57. The fraction of sp³-hybridized carbons (Fsp3) is 0.0286. The minimum atomic E-state index is 0.940. The fourth-order valence-electron chi connectivity index (χ4n) is 5.43. The summed E-state index contributed by atoms with van der Waals surface area (Å²) in [6.45, 7) is 0. The molecular formula is C35H25N3S2. The van der Waals surface area contributed by atoms with Gasteiger partial charge in [-0.1, -0.05) is 97.1 Å². The molecule has 8 aromatic rings. The predicted molar refractivity (Wildman–Crippen MR) is 175 cm³/mol. The number of hydrogen-bond acceptors (Lipinski definition) is 4. The van der Waals surface area contributed by atoms with Gasteiger partial charge in [-0.25, -0.2) is 9.97 Å². The predicted octanol–water partition coefficient (Wildman–Crippen LogP) is 9.82. The number of aromatic nitrogens is 3. The van der Waals surface area contributed by atoms with Crippen LogP contribution in [0.5, 0.6) is 0 Å². The van der Waals surface area contributed by atoms with Crippen molar-refractivity contribution < 1.29 is 0 Å². The van der Waals surface area contributed by atoms with Gasteiger partial charge in [0.05, 0.1) is 32.8 Å². The zero-order valence-electron chi connectivity index (χ0n) is 21.8. The Morgan fingerprint density at radius 3 is 1.80 bits per heavy atom. The molecule has 0 aliphatic heterocycles. The Hall–Kier alpha value is -4.45. The molecule has 0 saturated carbocycles. The lowest BCUT2D eigenvalue weighted by molar-refractivity contribution is 1.13. The molecule has 0 unspecified atom stereocenters. The number of fused-ring (bicyclic) bond motifs is 6. The summed E-state index contributed by atoms with van der Waals surface area (Å²) in [7, 11) is 0. The van der Waals surface area contributed by atoms with Gasteiger partial charge < -0.3 is 0 Å². The van der Waals surface area contributed by atoms with Gasteiger partial charge in [0.1, 0.15) is 5.65 Å². The Morgan fingerprint density at radius 1 is 0.550 bits per heavy atom. The molecule has 4 heterocycles. The van der Waals surface area contributed by atoms with E-state index < -0.39 is 0 Å². The first-order valence-corrected chi connectivity index (χ1v) is 14.8. The average molecular weight is 552 g/mol. The topological polar surface area (TPSA) is 30.7 Å². The van der Waals surface area contributed by atoms with E-state index >= 15 is 0 Å². The van der Waals surface area contributed by atoms with Gasteiger partial charge in [-0.05, 0) is 36.6 Å². The maximum absolute atomic E-state index is 5.34. The van der Waals surface area contributed by atoms with Gasteiger partial charge >= 0.3 is 0 Å². The molecule has 0 amide bonds. The molecule has 0 bridgehead atoms. The SMILES string of the molecule is CS.c1ccc(-c2cc(-n3c4ccccc4c4cc5sc6ccccc6c5nc43)cc(-c3ccccc3)n2)cc1. The molecule has 0 fully saturated rings. The number of rotatable bonds is 3. The molecule has 0 saturated heterocycles. The summed E-state index contributed by atoms with van der Waals surface area (Å²) in [4.78, 5) is 10.4. The van der Waals surface area contributed by atoms with E-state index in [2.05, 4.69) is 132 Å². The second-order valence-corrected chi connectivity index (χ2v) is 10.6. The number of hydrogen-bond donors (Lipinski definition) is 1. The number of thiol groups is 1. The Balaban J connectivity index is 0.00000130. The monoisotopic (exact) mass is 551 g/mol. The van der Waals surface area contributed by atoms with Gasteiger partial charge in [-0.2, -0.15) is 12.6 Å². The third-order valence-corrected chi connectivity index (χ3v) is 8.29. The molecule has 0 N–H and O–H groups in total. The summed E-state index contributed by atoms with van der Waals surface area (Å²) < 4.78 is 4.78. The standard InChI is InChI=1S/C34H21N3S.CH4S/c1-3-11-22(12-4-1)28-19-24(20-29(35-28)23-13-5-2-6-14-23)37-30-17-9-7-15-25(30)27-21-32-33(36-34(27)37)26-16-8-10-18-31(26)38-32;1-2/h1-21H;2H,1H3. The first kappa shape index (κ1) is 24.6. The Bertz CT molecular complexity index is 2070. The van der Waals surface area contributed by atoms with Crippen LogP contribution in [0.15, 0.2) is 127 Å². The fourth-order valence-corrected chi connectivity index (χ4v) is 6.51. The van der Waals surface area contributed by atoms with Crippen molar-refractivity contribution in [2.75, 3.05) is 6.26 Å². The smallest absolute Gasteiger partial charge is 0.146 e. The Kier molecular flexibility index (Phi) is 6.31. The van der Waals surface area contributed by atoms with Gasteiger partial charge in [0.25, 0.3) is 0 Å². The van der Waals surface area contributed by atoms with E-state index in [0.717, 1.165) is 44.9 Å². The van der Waals surface area contributed by atoms with Crippen LogP contribution in [0, 0.1) is 0 Å². The highest BCUT2D eigenvalue weighted by Gasteiger charge is 2.18. The molecule has 192 valence electrons. The summed E-state index contributed by atoms with van der Waals surface area (Å²) in [6, 6.07) is 44.6. The Labute approximate surface area is 241 Å². The van der Waals surface area contributed by atoms with Crippen molar-refractivity contribution in [1.82, 2.24) is 14.5 Å². The summed E-state index contributed by atoms with van der Waals surface area (Å²) in [5.41, 5.74) is 8.27. The lowest BCUT2D eigenvalue weighted by Crippen LogP contribution is -1.99. The third-order valence-electron chi connectivity index (χ3n) is 7.18. The van der Waals surface area contributed by atoms with Crippen molar-refractivity contribution in [1.29, 1.82) is 0 Å². The number of pyridine rings is 2. The zero-order chi connectivity index (χ0) is 27.1. The highest BCUT2D eigenvalue weighted by molar-refractivity contribution is 7.79. The maximum atomic E-state index is 5.34. The van der Waals surface area contributed by atoms with Crippen molar-refractivity contribution in [3.05, 3.63) is 127 Å². The number of thiophene rings is 1. The molecule has 5 heteroatoms. The first-order valence-electron chi connectivity index (χ1n) is 13.1. The van der Waals surface area contributed by atoms with Gasteiger partial charge in [-0.15, -0.1) is 11.3 Å². The highest BCUT2D eigenvalue weighted by Crippen LogP contribution is 2.39. The van der Waals surface area contributed by atoms with Crippen LogP contribution in [-0.4, -0.2) is 20.8 Å². The first-order chi connectivity index (χ1) is 19.8. The second-order valence-electron chi connectivity index (χ2n) is 9.48. The molecule has 0 atom stereocenters. The molecule has 8 rings (SSSR count). The van der Waals surface area contributed by atoms with Crippen LogP contribution in [0.2, 0.25) is 0 Å². The van der Waals surface area contributed by atoms with Crippen molar-refractivity contribution in [3.63, 3.8) is 0 Å². The molecule has 3 nitrogen and oxygen atoms in total. The van der Waals surface area contributed by atoms with Crippen LogP contribution in [-0.2, 0) is 0 Å². The quantitative estimate of drug-likeness (QED) is 0.222. The molecule has 0 spiro atoms. The minimum absolute atomic E-state index is 0.940. The third kappa shape index (κ3) is 4.06. The van der Waals surface area contributed by atoms with E-state index in [1.165, 1.54) is 25.6 Å². The largest absolute Gasteiger partial charge is 0.294 e.